The second kappa shape index (κ2) is 4.46. The monoisotopic (exact) mass is 165 g/mol. The fourth-order valence-electron chi connectivity index (χ4n) is 0.855. The highest BCUT2D eigenvalue weighted by atomic mass is 15.3. The summed E-state index contributed by atoms with van der Waals surface area (Å²) >= 11 is 0. The molecule has 0 aliphatic carbocycles. The Morgan fingerprint density at radius 1 is 1.67 bits per heavy atom. The van der Waals surface area contributed by atoms with Gasteiger partial charge in [-0.1, -0.05) is 0 Å². The van der Waals surface area contributed by atoms with Gasteiger partial charge in [-0.15, -0.1) is 0 Å². The van der Waals surface area contributed by atoms with E-state index in [1.54, 1.807) is 11.0 Å². The highest BCUT2D eigenvalue weighted by Gasteiger charge is 1.96. The van der Waals surface area contributed by atoms with E-state index >= 15 is 0 Å². The van der Waals surface area contributed by atoms with Gasteiger partial charge in [0.1, 0.15) is 6.33 Å². The Kier molecular flexibility index (Phi) is 3.23. The summed E-state index contributed by atoms with van der Waals surface area (Å²) in [5.41, 5.74) is 5.33. The van der Waals surface area contributed by atoms with Crippen molar-refractivity contribution >= 4 is 0 Å². The Hall–Kier alpha value is -1.41. The van der Waals surface area contributed by atoms with Gasteiger partial charge >= 0.3 is 0 Å². The van der Waals surface area contributed by atoms with Crippen LogP contribution in [0.5, 0.6) is 0 Å². The van der Waals surface area contributed by atoms with Crippen LogP contribution in [0.25, 0.3) is 0 Å². The zero-order valence-corrected chi connectivity index (χ0v) is 6.77. The predicted octanol–water partition coefficient (Wildman–Crippen LogP) is 0.0406. The summed E-state index contributed by atoms with van der Waals surface area (Å²) in [6.45, 7) is 1.10. The van der Waals surface area contributed by atoms with Gasteiger partial charge in [0.05, 0.1) is 12.6 Å². The minimum Gasteiger partial charge on any atom is -0.324 e. The fraction of sp³-hybridized carbons (Fsp3) is 0.571. The van der Waals surface area contributed by atoms with Crippen molar-refractivity contribution < 1.29 is 0 Å². The number of rotatable bonds is 4. The average molecular weight is 165 g/mol. The Morgan fingerprint density at radius 2 is 2.50 bits per heavy atom. The molecule has 1 aromatic rings. The molecule has 0 saturated heterocycles. The lowest BCUT2D eigenvalue weighted by Gasteiger charge is -1.94. The van der Waals surface area contributed by atoms with Crippen molar-refractivity contribution in [3.05, 3.63) is 12.2 Å². The van der Waals surface area contributed by atoms with E-state index in [0.29, 0.717) is 18.8 Å². The lowest BCUT2D eigenvalue weighted by Crippen LogP contribution is -2.02. The minimum absolute atomic E-state index is 0.366. The molecule has 0 aliphatic heterocycles. The maximum atomic E-state index is 8.28. The second-order valence-electron chi connectivity index (χ2n) is 2.39. The normalized spacial score (nSPS) is 9.67. The Bertz CT molecular complexity index is 272. The van der Waals surface area contributed by atoms with Crippen molar-refractivity contribution in [1.29, 1.82) is 5.26 Å². The number of hydrogen-bond acceptors (Lipinski definition) is 4. The highest BCUT2D eigenvalue weighted by molar-refractivity contribution is 4.79. The highest BCUT2D eigenvalue weighted by Crippen LogP contribution is 1.93. The zero-order chi connectivity index (χ0) is 8.81. The first-order valence-corrected chi connectivity index (χ1v) is 3.82. The lowest BCUT2D eigenvalue weighted by molar-refractivity contribution is 0.578. The van der Waals surface area contributed by atoms with Crippen molar-refractivity contribution in [2.24, 2.45) is 5.73 Å². The van der Waals surface area contributed by atoms with Gasteiger partial charge in [-0.05, 0) is 6.42 Å². The molecular formula is C7H11N5. The quantitative estimate of drug-likeness (QED) is 0.639. The van der Waals surface area contributed by atoms with Gasteiger partial charge in [-0.25, -0.2) is 4.98 Å². The number of nitrogens with zero attached hydrogens (tertiary/aromatic N) is 4. The van der Waals surface area contributed by atoms with Gasteiger partial charge in [0.2, 0.25) is 0 Å². The molecule has 5 nitrogen and oxygen atoms in total. The molecule has 0 aromatic carbocycles. The van der Waals surface area contributed by atoms with Crippen LogP contribution >= 0.6 is 0 Å². The molecule has 1 heterocycles. The van der Waals surface area contributed by atoms with Crippen LogP contribution < -0.4 is 5.73 Å². The third-order valence-corrected chi connectivity index (χ3v) is 1.44. The zero-order valence-electron chi connectivity index (χ0n) is 6.77. The van der Waals surface area contributed by atoms with E-state index < -0.39 is 0 Å². The summed E-state index contributed by atoms with van der Waals surface area (Å²) in [4.78, 5) is 3.96. The number of aryl methyl sites for hydroxylation is 1. The maximum absolute atomic E-state index is 8.28. The number of hydrogen-bond donors (Lipinski definition) is 1. The molecule has 0 spiro atoms. The number of nitriles is 1. The van der Waals surface area contributed by atoms with Gasteiger partial charge in [0.25, 0.3) is 0 Å². The van der Waals surface area contributed by atoms with Gasteiger partial charge in [0.15, 0.2) is 5.82 Å². The summed E-state index contributed by atoms with van der Waals surface area (Å²) in [6.07, 6.45) is 3.00. The molecule has 1 rings (SSSR count). The minimum atomic E-state index is 0.366. The third kappa shape index (κ3) is 2.32. The van der Waals surface area contributed by atoms with Crippen molar-refractivity contribution in [1.82, 2.24) is 14.8 Å². The number of nitrogens with two attached hydrogens (primary N) is 1. The van der Waals surface area contributed by atoms with Crippen LogP contribution in [0.4, 0.5) is 0 Å². The summed E-state index contributed by atoms with van der Waals surface area (Å²) in [5, 5.41) is 12.4. The lowest BCUT2D eigenvalue weighted by atomic mass is 10.3. The second-order valence-corrected chi connectivity index (χ2v) is 2.39. The van der Waals surface area contributed by atoms with Crippen LogP contribution in [0.1, 0.15) is 18.7 Å². The van der Waals surface area contributed by atoms with E-state index in [9.17, 15) is 0 Å². The maximum Gasteiger partial charge on any atom is 0.164 e. The van der Waals surface area contributed by atoms with Crippen LogP contribution in [0.3, 0.4) is 0 Å². The van der Waals surface area contributed by atoms with Crippen molar-refractivity contribution in [2.75, 3.05) is 0 Å². The van der Waals surface area contributed by atoms with E-state index in [-0.39, 0.29) is 0 Å². The van der Waals surface area contributed by atoms with Crippen LogP contribution in [-0.2, 0) is 13.1 Å². The van der Waals surface area contributed by atoms with Crippen molar-refractivity contribution in [2.45, 2.75) is 25.9 Å². The first kappa shape index (κ1) is 8.68. The molecule has 5 heteroatoms. The number of aromatic nitrogens is 3. The Balaban J connectivity index is 2.37. The summed E-state index contributed by atoms with van der Waals surface area (Å²) < 4.78 is 1.71. The summed E-state index contributed by atoms with van der Waals surface area (Å²) in [5.74, 6) is 0.645. The topological polar surface area (TPSA) is 80.5 Å². The molecule has 0 amide bonds. The first-order valence-electron chi connectivity index (χ1n) is 3.82. The van der Waals surface area contributed by atoms with Crippen LogP contribution in [0, 0.1) is 11.3 Å². The molecule has 0 radical (unpaired) electrons. The van der Waals surface area contributed by atoms with Gasteiger partial charge < -0.3 is 5.73 Å². The van der Waals surface area contributed by atoms with Gasteiger partial charge in [0, 0.05) is 13.0 Å². The van der Waals surface area contributed by atoms with Gasteiger partial charge in [-0.2, -0.15) is 10.4 Å². The average Bonchev–Trinajstić information content (AvgIpc) is 2.53. The van der Waals surface area contributed by atoms with E-state index in [2.05, 4.69) is 16.2 Å². The fourth-order valence-corrected chi connectivity index (χ4v) is 0.855. The van der Waals surface area contributed by atoms with Crippen LogP contribution in [-0.4, -0.2) is 14.8 Å². The van der Waals surface area contributed by atoms with E-state index in [1.807, 2.05) is 0 Å². The van der Waals surface area contributed by atoms with E-state index in [4.69, 9.17) is 11.0 Å². The van der Waals surface area contributed by atoms with E-state index in [0.717, 1.165) is 13.0 Å². The molecule has 0 fully saturated rings. The SMILES string of the molecule is N#CCCCn1cnc(CN)n1. The molecule has 0 bridgehead atoms. The molecular weight excluding hydrogens is 154 g/mol. The van der Waals surface area contributed by atoms with Crippen LogP contribution in [0.2, 0.25) is 0 Å². The molecule has 0 unspecified atom stereocenters. The standard InChI is InChI=1S/C7H11N5/c8-3-1-2-4-12-6-10-7(5-9)11-12/h6H,1-2,4-5,9H2. The van der Waals surface area contributed by atoms with Crippen LogP contribution in [0.15, 0.2) is 6.33 Å². The third-order valence-electron chi connectivity index (χ3n) is 1.44. The molecule has 1 aromatic heterocycles. The van der Waals surface area contributed by atoms with Crippen molar-refractivity contribution in [3.63, 3.8) is 0 Å². The summed E-state index contributed by atoms with van der Waals surface area (Å²) in [6, 6.07) is 2.07. The van der Waals surface area contributed by atoms with E-state index in [1.165, 1.54) is 0 Å². The molecule has 0 aliphatic rings. The largest absolute Gasteiger partial charge is 0.324 e. The predicted molar refractivity (Wildman–Crippen MR) is 42.8 cm³/mol. The Morgan fingerprint density at radius 3 is 3.08 bits per heavy atom. The van der Waals surface area contributed by atoms with Crippen molar-refractivity contribution in [3.8, 4) is 6.07 Å². The molecule has 0 saturated carbocycles. The smallest absolute Gasteiger partial charge is 0.164 e. The molecule has 0 atom stereocenters. The summed E-state index contributed by atoms with van der Waals surface area (Å²) in [7, 11) is 0. The Labute approximate surface area is 70.8 Å². The van der Waals surface area contributed by atoms with Gasteiger partial charge in [-0.3, -0.25) is 4.68 Å². The molecule has 64 valence electrons. The first-order chi connectivity index (χ1) is 5.86. The molecule has 2 N–H and O–H groups in total. The molecule has 12 heavy (non-hydrogen) atoms. The number of unbranched alkanes of at least 4 members (excludes halogenated alkanes) is 1.